The number of aryl methyl sites for hydroxylation is 1. The maximum atomic E-state index is 13.1. The van der Waals surface area contributed by atoms with Crippen LogP contribution in [0.2, 0.25) is 0 Å². The lowest BCUT2D eigenvalue weighted by molar-refractivity contribution is 0.294. The highest BCUT2D eigenvalue weighted by Crippen LogP contribution is 2.35. The van der Waals surface area contributed by atoms with Crippen molar-refractivity contribution in [3.63, 3.8) is 0 Å². The Hall–Kier alpha value is -1.84. The van der Waals surface area contributed by atoms with Crippen LogP contribution in [0, 0.1) is 12.7 Å². The van der Waals surface area contributed by atoms with Gasteiger partial charge in [0.25, 0.3) is 0 Å². The molecule has 1 aromatic carbocycles. The number of ether oxygens (including phenoxy) is 1. The highest BCUT2D eigenvalue weighted by Gasteiger charge is 2.25. The molecular weight excluding hydrogens is 231 g/mol. The third kappa shape index (κ3) is 2.23. The number of nitrogens with zero attached hydrogens (tertiary/aromatic N) is 2. The van der Waals surface area contributed by atoms with Crippen LogP contribution in [-0.2, 0) is 6.61 Å². The maximum Gasteiger partial charge on any atom is 0.130 e. The summed E-state index contributed by atoms with van der Waals surface area (Å²) in [5.74, 6) is 0.489. The number of halogens is 1. The smallest absolute Gasteiger partial charge is 0.130 e. The van der Waals surface area contributed by atoms with E-state index in [1.165, 1.54) is 18.9 Å². The molecule has 3 nitrogen and oxygen atoms in total. The van der Waals surface area contributed by atoms with Gasteiger partial charge in [-0.3, -0.25) is 0 Å². The van der Waals surface area contributed by atoms with Gasteiger partial charge in [0.2, 0.25) is 0 Å². The number of rotatable bonds is 4. The quantitative estimate of drug-likeness (QED) is 0.828. The topological polar surface area (TPSA) is 27.1 Å². The van der Waals surface area contributed by atoms with Crippen molar-refractivity contribution >= 4 is 0 Å². The van der Waals surface area contributed by atoms with Crippen molar-refractivity contribution in [3.8, 4) is 5.75 Å². The second-order valence-electron chi connectivity index (χ2n) is 4.72. The second kappa shape index (κ2) is 4.44. The van der Waals surface area contributed by atoms with Crippen molar-refractivity contribution in [2.75, 3.05) is 0 Å². The summed E-state index contributed by atoms with van der Waals surface area (Å²) >= 11 is 0. The molecule has 1 aliphatic rings. The third-order valence-electron chi connectivity index (χ3n) is 3.20. The summed E-state index contributed by atoms with van der Waals surface area (Å²) in [4.78, 5) is 4.15. The minimum Gasteiger partial charge on any atom is -0.487 e. The van der Waals surface area contributed by atoms with Gasteiger partial charge in [-0.2, -0.15) is 0 Å². The van der Waals surface area contributed by atoms with Crippen LogP contribution in [-0.4, -0.2) is 9.55 Å². The SMILES string of the molecule is Cc1cc(OCc2cncn2C2CC2)ccc1F. The molecule has 1 aliphatic carbocycles. The van der Waals surface area contributed by atoms with Crippen LogP contribution in [0.3, 0.4) is 0 Å². The highest BCUT2D eigenvalue weighted by atomic mass is 19.1. The molecule has 0 radical (unpaired) electrons. The van der Waals surface area contributed by atoms with Gasteiger partial charge < -0.3 is 9.30 Å². The van der Waals surface area contributed by atoms with Crippen LogP contribution in [0.5, 0.6) is 5.75 Å². The molecule has 1 saturated carbocycles. The number of imidazole rings is 1. The zero-order chi connectivity index (χ0) is 12.5. The zero-order valence-corrected chi connectivity index (χ0v) is 10.3. The van der Waals surface area contributed by atoms with E-state index in [1.54, 1.807) is 19.1 Å². The van der Waals surface area contributed by atoms with E-state index >= 15 is 0 Å². The van der Waals surface area contributed by atoms with E-state index in [-0.39, 0.29) is 5.82 Å². The van der Waals surface area contributed by atoms with Crippen LogP contribution >= 0.6 is 0 Å². The molecule has 0 aliphatic heterocycles. The molecule has 1 heterocycles. The summed E-state index contributed by atoms with van der Waals surface area (Å²) in [5.41, 5.74) is 1.67. The summed E-state index contributed by atoms with van der Waals surface area (Å²) in [6.07, 6.45) is 6.12. The molecular formula is C14H15FN2O. The van der Waals surface area contributed by atoms with E-state index in [0.29, 0.717) is 24.0 Å². The maximum absolute atomic E-state index is 13.1. The fourth-order valence-corrected chi connectivity index (χ4v) is 1.99. The third-order valence-corrected chi connectivity index (χ3v) is 3.20. The summed E-state index contributed by atoms with van der Waals surface area (Å²) in [7, 11) is 0. The zero-order valence-electron chi connectivity index (χ0n) is 10.3. The van der Waals surface area contributed by atoms with Crippen molar-refractivity contribution in [2.45, 2.75) is 32.4 Å². The fraction of sp³-hybridized carbons (Fsp3) is 0.357. The minimum atomic E-state index is -0.203. The van der Waals surface area contributed by atoms with Gasteiger partial charge in [-0.15, -0.1) is 0 Å². The molecule has 0 saturated heterocycles. The monoisotopic (exact) mass is 246 g/mol. The Labute approximate surface area is 105 Å². The predicted molar refractivity (Wildman–Crippen MR) is 66.0 cm³/mol. The van der Waals surface area contributed by atoms with Crippen molar-refractivity contribution < 1.29 is 9.13 Å². The van der Waals surface area contributed by atoms with Gasteiger partial charge in [0.15, 0.2) is 0 Å². The van der Waals surface area contributed by atoms with Crippen molar-refractivity contribution in [1.29, 1.82) is 0 Å². The minimum absolute atomic E-state index is 0.203. The van der Waals surface area contributed by atoms with Crippen LogP contribution in [0.25, 0.3) is 0 Å². The van der Waals surface area contributed by atoms with E-state index in [1.807, 2.05) is 12.5 Å². The molecule has 0 N–H and O–H groups in total. The molecule has 0 spiro atoms. The first-order valence-electron chi connectivity index (χ1n) is 6.13. The summed E-state index contributed by atoms with van der Waals surface area (Å²) in [5, 5.41) is 0. The van der Waals surface area contributed by atoms with E-state index in [9.17, 15) is 4.39 Å². The molecule has 4 heteroatoms. The number of benzene rings is 1. The lowest BCUT2D eigenvalue weighted by atomic mass is 10.2. The van der Waals surface area contributed by atoms with Crippen molar-refractivity contribution in [3.05, 3.63) is 47.8 Å². The average Bonchev–Trinajstić information content (AvgIpc) is 3.10. The Morgan fingerprint density at radius 3 is 3.00 bits per heavy atom. The van der Waals surface area contributed by atoms with E-state index in [0.717, 1.165) is 5.69 Å². The molecule has 94 valence electrons. The van der Waals surface area contributed by atoms with Gasteiger partial charge in [-0.25, -0.2) is 9.37 Å². The molecule has 0 atom stereocenters. The number of hydrogen-bond acceptors (Lipinski definition) is 2. The lowest BCUT2D eigenvalue weighted by Crippen LogP contribution is -2.03. The first-order valence-corrected chi connectivity index (χ1v) is 6.13. The van der Waals surface area contributed by atoms with E-state index in [2.05, 4.69) is 9.55 Å². The van der Waals surface area contributed by atoms with Gasteiger partial charge >= 0.3 is 0 Å². The first-order chi connectivity index (χ1) is 8.74. The highest BCUT2D eigenvalue weighted by molar-refractivity contribution is 5.29. The Kier molecular flexibility index (Phi) is 2.78. The largest absolute Gasteiger partial charge is 0.487 e. The van der Waals surface area contributed by atoms with Gasteiger partial charge in [0.05, 0.1) is 18.2 Å². The molecule has 3 rings (SSSR count). The molecule has 0 bridgehead atoms. The predicted octanol–water partition coefficient (Wildman–Crippen LogP) is 3.24. The van der Waals surface area contributed by atoms with Gasteiger partial charge in [-0.1, -0.05) is 0 Å². The first kappa shape index (κ1) is 11.3. The van der Waals surface area contributed by atoms with Crippen LogP contribution < -0.4 is 4.74 Å². The summed E-state index contributed by atoms with van der Waals surface area (Å²) in [6.45, 7) is 2.21. The molecule has 1 aromatic heterocycles. The van der Waals surface area contributed by atoms with Crippen LogP contribution in [0.1, 0.15) is 30.1 Å². The van der Waals surface area contributed by atoms with E-state index < -0.39 is 0 Å². The fourth-order valence-electron chi connectivity index (χ4n) is 1.99. The van der Waals surface area contributed by atoms with Gasteiger partial charge in [0, 0.05) is 6.04 Å². The Bertz CT molecular complexity index is 561. The Morgan fingerprint density at radius 1 is 1.44 bits per heavy atom. The Balaban J connectivity index is 1.69. The lowest BCUT2D eigenvalue weighted by Gasteiger charge is -2.09. The van der Waals surface area contributed by atoms with Crippen LogP contribution in [0.4, 0.5) is 4.39 Å². The molecule has 2 aromatic rings. The number of hydrogen-bond donors (Lipinski definition) is 0. The van der Waals surface area contributed by atoms with Gasteiger partial charge in [0.1, 0.15) is 18.2 Å². The average molecular weight is 246 g/mol. The van der Waals surface area contributed by atoms with Crippen LogP contribution in [0.15, 0.2) is 30.7 Å². The van der Waals surface area contributed by atoms with Crippen molar-refractivity contribution in [1.82, 2.24) is 9.55 Å². The standard InChI is InChI=1S/C14H15FN2O/c1-10-6-13(4-5-14(10)15)18-8-12-7-16-9-17(12)11-2-3-11/h4-7,9,11H,2-3,8H2,1H3. The van der Waals surface area contributed by atoms with E-state index in [4.69, 9.17) is 4.74 Å². The van der Waals surface area contributed by atoms with Gasteiger partial charge in [-0.05, 0) is 43.5 Å². The summed E-state index contributed by atoms with van der Waals surface area (Å²) in [6, 6.07) is 5.40. The molecule has 18 heavy (non-hydrogen) atoms. The second-order valence-corrected chi connectivity index (χ2v) is 4.72. The number of aromatic nitrogens is 2. The molecule has 1 fully saturated rings. The Morgan fingerprint density at radius 2 is 2.28 bits per heavy atom. The molecule has 0 unspecified atom stereocenters. The summed E-state index contributed by atoms with van der Waals surface area (Å²) < 4.78 is 21.0. The molecule has 0 amide bonds. The van der Waals surface area contributed by atoms with Crippen molar-refractivity contribution in [2.24, 2.45) is 0 Å². The normalized spacial score (nSPS) is 14.8.